The number of hydrogen-bond acceptors (Lipinski definition) is 2. The average molecular weight is 133 g/mol. The molecule has 0 bridgehead atoms. The first-order chi connectivity index (χ1) is 4.97. The maximum Gasteiger partial charge on any atom is 0.161 e. The van der Waals surface area contributed by atoms with Gasteiger partial charge in [-0.15, -0.1) is 0 Å². The summed E-state index contributed by atoms with van der Waals surface area (Å²) in [6.45, 7) is 0. The molecule has 0 N–H and O–H groups in total. The lowest BCUT2D eigenvalue weighted by Crippen LogP contribution is -1.99. The molecular weight excluding hydrogens is 126 g/mol. The van der Waals surface area contributed by atoms with Crippen LogP contribution in [0.5, 0.6) is 0 Å². The van der Waals surface area contributed by atoms with Gasteiger partial charge in [0.2, 0.25) is 0 Å². The summed E-state index contributed by atoms with van der Waals surface area (Å²) in [5.74, 6) is 0.880. The van der Waals surface area contributed by atoms with Crippen LogP contribution < -0.4 is 0 Å². The fraction of sp³-hybridized carbons (Fsp3) is 0.125. The summed E-state index contributed by atoms with van der Waals surface area (Å²) in [6.07, 6.45) is 10.6. The second-order valence-electron chi connectivity index (χ2n) is 2.20. The van der Waals surface area contributed by atoms with Crippen molar-refractivity contribution in [2.75, 3.05) is 0 Å². The van der Waals surface area contributed by atoms with Gasteiger partial charge in [-0.05, 0) is 18.6 Å². The van der Waals surface area contributed by atoms with Gasteiger partial charge in [0.15, 0.2) is 5.76 Å². The van der Waals surface area contributed by atoms with Crippen LogP contribution in [0.25, 0.3) is 0 Å². The SMILES string of the molecule is C1=CCC2=CC=NOC2=C1. The quantitative estimate of drug-likeness (QED) is 0.493. The van der Waals surface area contributed by atoms with Crippen LogP contribution in [0.3, 0.4) is 0 Å². The van der Waals surface area contributed by atoms with Crippen molar-refractivity contribution < 1.29 is 4.84 Å². The lowest BCUT2D eigenvalue weighted by Gasteiger charge is -2.12. The lowest BCUT2D eigenvalue weighted by atomic mass is 10.1. The highest BCUT2D eigenvalue weighted by atomic mass is 16.6. The highest BCUT2D eigenvalue weighted by molar-refractivity contribution is 5.74. The Morgan fingerprint density at radius 1 is 1.40 bits per heavy atom. The van der Waals surface area contributed by atoms with Gasteiger partial charge in [0, 0.05) is 5.57 Å². The molecule has 10 heavy (non-hydrogen) atoms. The fourth-order valence-corrected chi connectivity index (χ4v) is 1.00. The van der Waals surface area contributed by atoms with E-state index in [1.165, 1.54) is 5.57 Å². The van der Waals surface area contributed by atoms with E-state index in [1.54, 1.807) is 6.21 Å². The van der Waals surface area contributed by atoms with Crippen molar-refractivity contribution in [1.29, 1.82) is 0 Å². The Hall–Kier alpha value is -1.31. The second-order valence-corrected chi connectivity index (χ2v) is 2.20. The molecule has 0 aromatic heterocycles. The van der Waals surface area contributed by atoms with Gasteiger partial charge in [0.25, 0.3) is 0 Å². The third-order valence-electron chi connectivity index (χ3n) is 1.53. The molecule has 0 aromatic rings. The zero-order valence-electron chi connectivity index (χ0n) is 5.45. The summed E-state index contributed by atoms with van der Waals surface area (Å²) < 4.78 is 0. The number of allylic oxidation sites excluding steroid dienone is 5. The average Bonchev–Trinajstić information content (AvgIpc) is 2.05. The molecule has 50 valence electrons. The minimum absolute atomic E-state index is 0.880. The second kappa shape index (κ2) is 2.14. The van der Waals surface area contributed by atoms with Gasteiger partial charge < -0.3 is 4.84 Å². The lowest BCUT2D eigenvalue weighted by molar-refractivity contribution is 0.233. The molecule has 0 radical (unpaired) electrons. The molecule has 2 rings (SSSR count). The van der Waals surface area contributed by atoms with Crippen molar-refractivity contribution in [2.45, 2.75) is 6.42 Å². The van der Waals surface area contributed by atoms with Gasteiger partial charge in [-0.2, -0.15) is 0 Å². The van der Waals surface area contributed by atoms with Gasteiger partial charge in [0.05, 0.1) is 6.21 Å². The summed E-state index contributed by atoms with van der Waals surface area (Å²) in [5.41, 5.74) is 1.21. The van der Waals surface area contributed by atoms with Gasteiger partial charge in [0.1, 0.15) is 0 Å². The van der Waals surface area contributed by atoms with Gasteiger partial charge >= 0.3 is 0 Å². The molecule has 2 nitrogen and oxygen atoms in total. The molecular formula is C8H7NO. The molecule has 1 aliphatic heterocycles. The zero-order valence-corrected chi connectivity index (χ0v) is 5.45. The summed E-state index contributed by atoms with van der Waals surface area (Å²) in [6, 6.07) is 0. The predicted octanol–water partition coefficient (Wildman–Crippen LogP) is 1.77. The number of hydrogen-bond donors (Lipinski definition) is 0. The van der Waals surface area contributed by atoms with E-state index >= 15 is 0 Å². The number of nitrogens with zero attached hydrogens (tertiary/aromatic N) is 1. The van der Waals surface area contributed by atoms with Crippen LogP contribution in [0.1, 0.15) is 6.42 Å². The van der Waals surface area contributed by atoms with E-state index in [0.29, 0.717) is 0 Å². The number of rotatable bonds is 0. The third kappa shape index (κ3) is 0.778. The van der Waals surface area contributed by atoms with E-state index in [0.717, 1.165) is 12.2 Å². The first kappa shape index (κ1) is 5.47. The van der Waals surface area contributed by atoms with Gasteiger partial charge in [-0.3, -0.25) is 0 Å². The van der Waals surface area contributed by atoms with Crippen LogP contribution in [0, 0.1) is 0 Å². The van der Waals surface area contributed by atoms with E-state index in [1.807, 2.05) is 18.2 Å². The zero-order chi connectivity index (χ0) is 6.81. The molecule has 0 saturated heterocycles. The summed E-state index contributed by atoms with van der Waals surface area (Å²) >= 11 is 0. The van der Waals surface area contributed by atoms with Crippen LogP contribution in [-0.4, -0.2) is 6.21 Å². The van der Waals surface area contributed by atoms with Crippen LogP contribution in [0.15, 0.2) is 40.8 Å². The molecule has 1 heterocycles. The summed E-state index contributed by atoms with van der Waals surface area (Å²) in [4.78, 5) is 4.99. The van der Waals surface area contributed by atoms with Crippen LogP contribution in [0.4, 0.5) is 0 Å². The molecule has 0 unspecified atom stereocenters. The van der Waals surface area contributed by atoms with Crippen LogP contribution in [0.2, 0.25) is 0 Å². The summed E-state index contributed by atoms with van der Waals surface area (Å²) in [7, 11) is 0. The Morgan fingerprint density at radius 2 is 2.40 bits per heavy atom. The molecule has 0 aromatic carbocycles. The maximum atomic E-state index is 4.99. The molecule has 1 aliphatic carbocycles. The molecule has 2 heteroatoms. The van der Waals surface area contributed by atoms with Crippen molar-refractivity contribution in [3.8, 4) is 0 Å². The Bertz CT molecular complexity index is 230. The van der Waals surface area contributed by atoms with Crippen molar-refractivity contribution >= 4 is 6.21 Å². The van der Waals surface area contributed by atoms with E-state index in [9.17, 15) is 0 Å². The van der Waals surface area contributed by atoms with Crippen LogP contribution >= 0.6 is 0 Å². The highest BCUT2D eigenvalue weighted by Gasteiger charge is 2.09. The van der Waals surface area contributed by atoms with Crippen molar-refractivity contribution in [3.63, 3.8) is 0 Å². The molecule has 0 fully saturated rings. The largest absolute Gasteiger partial charge is 0.357 e. The Kier molecular flexibility index (Phi) is 1.17. The first-order valence-electron chi connectivity index (χ1n) is 3.23. The smallest absolute Gasteiger partial charge is 0.161 e. The normalized spacial score (nSPS) is 20.8. The first-order valence-corrected chi connectivity index (χ1v) is 3.23. The topological polar surface area (TPSA) is 21.6 Å². The van der Waals surface area contributed by atoms with Crippen molar-refractivity contribution in [1.82, 2.24) is 0 Å². The predicted molar refractivity (Wildman–Crippen MR) is 39.5 cm³/mol. The Morgan fingerprint density at radius 3 is 3.30 bits per heavy atom. The molecule has 0 spiro atoms. The molecule has 0 amide bonds. The van der Waals surface area contributed by atoms with Gasteiger partial charge in [-0.25, -0.2) is 0 Å². The summed E-state index contributed by atoms with van der Waals surface area (Å²) in [5, 5.41) is 3.66. The van der Waals surface area contributed by atoms with E-state index in [4.69, 9.17) is 4.84 Å². The Labute approximate surface area is 59.2 Å². The Balaban J connectivity index is 2.38. The fourth-order valence-electron chi connectivity index (χ4n) is 1.00. The highest BCUT2D eigenvalue weighted by Crippen LogP contribution is 2.21. The minimum atomic E-state index is 0.880. The molecule has 0 saturated carbocycles. The third-order valence-corrected chi connectivity index (χ3v) is 1.53. The molecule has 2 aliphatic rings. The molecule has 0 atom stereocenters. The van der Waals surface area contributed by atoms with Crippen molar-refractivity contribution in [2.24, 2.45) is 5.16 Å². The van der Waals surface area contributed by atoms with Gasteiger partial charge in [-0.1, -0.05) is 17.3 Å². The standard InChI is InChI=1S/C8H7NO/c1-2-4-8-7(3-1)5-6-9-10-8/h1-2,4-6H,3H2. The van der Waals surface area contributed by atoms with Crippen molar-refractivity contribution in [3.05, 3.63) is 35.6 Å². The van der Waals surface area contributed by atoms with E-state index < -0.39 is 0 Å². The van der Waals surface area contributed by atoms with Crippen LogP contribution in [-0.2, 0) is 4.84 Å². The minimum Gasteiger partial charge on any atom is -0.357 e. The maximum absolute atomic E-state index is 4.99. The monoisotopic (exact) mass is 133 g/mol. The number of oxime groups is 1. The van der Waals surface area contributed by atoms with E-state index in [-0.39, 0.29) is 0 Å². The number of fused-ring (bicyclic) bond motifs is 1. The van der Waals surface area contributed by atoms with E-state index in [2.05, 4.69) is 11.2 Å².